The van der Waals surface area contributed by atoms with E-state index < -0.39 is 12.6 Å². The van der Waals surface area contributed by atoms with Crippen LogP contribution in [0.25, 0.3) is 0 Å². The van der Waals surface area contributed by atoms with E-state index >= 15 is 0 Å². The minimum Gasteiger partial charge on any atom is -0.494 e. The highest BCUT2D eigenvalue weighted by atomic mass is 16.6. The van der Waals surface area contributed by atoms with Crippen LogP contribution in [0.5, 0.6) is 5.75 Å². The number of aliphatic carboxylic acids is 1. The van der Waals surface area contributed by atoms with Gasteiger partial charge < -0.3 is 14.7 Å². The predicted molar refractivity (Wildman–Crippen MR) is 58.8 cm³/mol. The Bertz CT molecular complexity index is 376. The number of ether oxygens (including phenoxy) is 1. The second-order valence-corrected chi connectivity index (χ2v) is 2.91. The molecular formula is C11H13NO4. The Hall–Kier alpha value is -2.04. The van der Waals surface area contributed by atoms with Crippen LogP contribution in [0.15, 0.2) is 29.4 Å². The molecule has 0 aromatic heterocycles. The van der Waals surface area contributed by atoms with Crippen LogP contribution in [0, 0.1) is 0 Å². The number of carboxylic acid groups (broad SMARTS) is 1. The van der Waals surface area contributed by atoms with E-state index in [0.29, 0.717) is 6.61 Å². The molecule has 0 unspecified atom stereocenters. The number of oxime groups is 1. The summed E-state index contributed by atoms with van der Waals surface area (Å²) < 4.78 is 5.29. The lowest BCUT2D eigenvalue weighted by molar-refractivity contribution is -0.142. The first kappa shape index (κ1) is 12.0. The summed E-state index contributed by atoms with van der Waals surface area (Å²) in [6, 6.07) is 7.26. The molecule has 5 nitrogen and oxygen atoms in total. The molecule has 1 N–H and O–H groups in total. The summed E-state index contributed by atoms with van der Waals surface area (Å²) in [4.78, 5) is 14.7. The molecule has 0 saturated heterocycles. The monoisotopic (exact) mass is 223 g/mol. The van der Waals surface area contributed by atoms with E-state index in [2.05, 4.69) is 9.99 Å². The fourth-order valence-electron chi connectivity index (χ4n) is 1.04. The summed E-state index contributed by atoms with van der Waals surface area (Å²) in [7, 11) is 0. The number of hydrogen-bond acceptors (Lipinski definition) is 4. The smallest absolute Gasteiger partial charge is 0.344 e. The summed E-state index contributed by atoms with van der Waals surface area (Å²) in [5.74, 6) is -0.315. The Morgan fingerprint density at radius 2 is 2.38 bits per heavy atom. The van der Waals surface area contributed by atoms with Gasteiger partial charge in [0.15, 0.2) is 0 Å². The van der Waals surface area contributed by atoms with Crippen LogP contribution >= 0.6 is 0 Å². The van der Waals surface area contributed by atoms with Crippen molar-refractivity contribution in [2.75, 3.05) is 13.2 Å². The average molecular weight is 223 g/mol. The van der Waals surface area contributed by atoms with E-state index in [9.17, 15) is 4.79 Å². The Morgan fingerprint density at radius 3 is 3.06 bits per heavy atom. The van der Waals surface area contributed by atoms with Gasteiger partial charge in [-0.2, -0.15) is 0 Å². The van der Waals surface area contributed by atoms with E-state index in [1.165, 1.54) is 6.21 Å². The lowest BCUT2D eigenvalue weighted by atomic mass is 10.2. The highest BCUT2D eigenvalue weighted by Gasteiger charge is 1.95. The van der Waals surface area contributed by atoms with Crippen molar-refractivity contribution < 1.29 is 19.5 Å². The summed E-state index contributed by atoms with van der Waals surface area (Å²) in [5.41, 5.74) is 0.788. The quantitative estimate of drug-likeness (QED) is 0.586. The maximum Gasteiger partial charge on any atom is 0.344 e. The summed E-state index contributed by atoms with van der Waals surface area (Å²) >= 11 is 0. The van der Waals surface area contributed by atoms with Crippen molar-refractivity contribution in [3.05, 3.63) is 29.8 Å². The first-order chi connectivity index (χ1) is 7.72. The van der Waals surface area contributed by atoms with Gasteiger partial charge in [-0.3, -0.25) is 0 Å². The van der Waals surface area contributed by atoms with Crippen molar-refractivity contribution in [3.8, 4) is 5.75 Å². The number of nitrogens with zero attached hydrogens (tertiary/aromatic N) is 1. The third-order valence-electron chi connectivity index (χ3n) is 1.63. The molecule has 16 heavy (non-hydrogen) atoms. The molecule has 0 aliphatic rings. The molecule has 0 aliphatic carbocycles. The van der Waals surface area contributed by atoms with E-state index in [4.69, 9.17) is 9.84 Å². The maximum atomic E-state index is 10.1. The van der Waals surface area contributed by atoms with Crippen LogP contribution in [0.4, 0.5) is 0 Å². The number of benzene rings is 1. The standard InChI is InChI=1S/C11H13NO4/c1-2-15-10-5-3-4-9(6-10)7-12-16-8-11(13)14/h3-7H,2,8H2,1H3,(H,13,14). The van der Waals surface area contributed by atoms with Crippen molar-refractivity contribution in [2.24, 2.45) is 5.16 Å². The Morgan fingerprint density at radius 1 is 1.56 bits per heavy atom. The topological polar surface area (TPSA) is 68.1 Å². The lowest BCUT2D eigenvalue weighted by Gasteiger charge is -2.02. The van der Waals surface area contributed by atoms with Gasteiger partial charge in [0.05, 0.1) is 12.8 Å². The second kappa shape index (κ2) is 6.44. The SMILES string of the molecule is CCOc1cccc(C=NOCC(=O)O)c1. The summed E-state index contributed by atoms with van der Waals surface area (Å²) in [5, 5.41) is 11.8. The van der Waals surface area contributed by atoms with Crippen LogP contribution in [-0.2, 0) is 9.63 Å². The van der Waals surface area contributed by atoms with Crippen LogP contribution in [0.2, 0.25) is 0 Å². The van der Waals surface area contributed by atoms with Gasteiger partial charge in [-0.25, -0.2) is 4.79 Å². The lowest BCUT2D eigenvalue weighted by Crippen LogP contribution is -2.03. The van der Waals surface area contributed by atoms with Crippen LogP contribution in [-0.4, -0.2) is 30.5 Å². The normalized spacial score (nSPS) is 10.3. The van der Waals surface area contributed by atoms with E-state index in [-0.39, 0.29) is 0 Å². The fourth-order valence-corrected chi connectivity index (χ4v) is 1.04. The molecule has 5 heteroatoms. The second-order valence-electron chi connectivity index (χ2n) is 2.91. The third kappa shape index (κ3) is 4.45. The first-order valence-electron chi connectivity index (χ1n) is 4.82. The Balaban J connectivity index is 2.52. The minimum atomic E-state index is -1.06. The molecule has 0 amide bonds. The zero-order valence-corrected chi connectivity index (χ0v) is 8.92. The summed E-state index contributed by atoms with van der Waals surface area (Å²) in [6.07, 6.45) is 1.44. The van der Waals surface area contributed by atoms with Crippen molar-refractivity contribution in [3.63, 3.8) is 0 Å². The van der Waals surface area contributed by atoms with Gasteiger partial charge in [0.2, 0.25) is 6.61 Å². The third-order valence-corrected chi connectivity index (χ3v) is 1.63. The maximum absolute atomic E-state index is 10.1. The van der Waals surface area contributed by atoms with E-state index in [1.54, 1.807) is 6.07 Å². The molecule has 1 aromatic rings. The highest BCUT2D eigenvalue weighted by molar-refractivity contribution is 5.79. The van der Waals surface area contributed by atoms with Crippen LogP contribution < -0.4 is 4.74 Å². The number of rotatable bonds is 6. The van der Waals surface area contributed by atoms with Crippen molar-refractivity contribution >= 4 is 12.2 Å². The highest BCUT2D eigenvalue weighted by Crippen LogP contribution is 2.11. The molecule has 0 fully saturated rings. The predicted octanol–water partition coefficient (Wildman–Crippen LogP) is 1.52. The molecular weight excluding hydrogens is 210 g/mol. The van der Waals surface area contributed by atoms with Gasteiger partial charge >= 0.3 is 5.97 Å². The largest absolute Gasteiger partial charge is 0.494 e. The van der Waals surface area contributed by atoms with Gasteiger partial charge in [0, 0.05) is 0 Å². The zero-order chi connectivity index (χ0) is 11.8. The molecule has 0 aliphatic heterocycles. The van der Waals surface area contributed by atoms with Gasteiger partial charge in [0.1, 0.15) is 5.75 Å². The van der Waals surface area contributed by atoms with Gasteiger partial charge in [-0.1, -0.05) is 17.3 Å². The molecule has 0 atom stereocenters. The molecule has 0 bridgehead atoms. The number of carboxylic acids is 1. The van der Waals surface area contributed by atoms with Crippen LogP contribution in [0.1, 0.15) is 12.5 Å². The van der Waals surface area contributed by atoms with Crippen molar-refractivity contribution in [2.45, 2.75) is 6.92 Å². The molecule has 1 aromatic carbocycles. The van der Waals surface area contributed by atoms with Crippen molar-refractivity contribution in [1.29, 1.82) is 0 Å². The number of hydrogen-bond donors (Lipinski definition) is 1. The van der Waals surface area contributed by atoms with E-state index in [0.717, 1.165) is 11.3 Å². The summed E-state index contributed by atoms with van der Waals surface area (Å²) in [6.45, 7) is 2.05. The van der Waals surface area contributed by atoms with Gasteiger partial charge in [-0.15, -0.1) is 0 Å². The minimum absolute atomic E-state index is 0.443. The zero-order valence-electron chi connectivity index (χ0n) is 8.92. The first-order valence-corrected chi connectivity index (χ1v) is 4.82. The van der Waals surface area contributed by atoms with Gasteiger partial charge in [0.25, 0.3) is 0 Å². The van der Waals surface area contributed by atoms with Crippen LogP contribution in [0.3, 0.4) is 0 Å². The van der Waals surface area contributed by atoms with E-state index in [1.807, 2.05) is 25.1 Å². The molecule has 0 saturated carbocycles. The Kier molecular flexibility index (Phi) is 4.85. The average Bonchev–Trinajstić information content (AvgIpc) is 2.25. The Labute approximate surface area is 93.3 Å². The number of carbonyl (C=O) groups is 1. The molecule has 0 heterocycles. The molecule has 0 radical (unpaired) electrons. The molecule has 1 rings (SSSR count). The fraction of sp³-hybridized carbons (Fsp3) is 0.273. The molecule has 86 valence electrons. The van der Waals surface area contributed by atoms with Gasteiger partial charge in [-0.05, 0) is 24.6 Å². The molecule has 0 spiro atoms. The van der Waals surface area contributed by atoms with Crippen molar-refractivity contribution in [1.82, 2.24) is 0 Å².